The second kappa shape index (κ2) is 5.90. The molecule has 0 saturated heterocycles. The highest BCUT2D eigenvalue weighted by Crippen LogP contribution is 2.35. The van der Waals surface area contributed by atoms with Gasteiger partial charge in [0.25, 0.3) is 20.2 Å². The van der Waals surface area contributed by atoms with Crippen molar-refractivity contribution in [2.24, 2.45) is 0 Å². The van der Waals surface area contributed by atoms with Crippen LogP contribution in [0.15, 0.2) is 34.1 Å². The van der Waals surface area contributed by atoms with Gasteiger partial charge in [-0.2, -0.15) is 16.8 Å². The monoisotopic (exact) mass is 374 g/mol. The van der Waals surface area contributed by atoms with Gasteiger partial charge in [-0.25, -0.2) is 0 Å². The van der Waals surface area contributed by atoms with Crippen LogP contribution in [0.2, 0.25) is 0 Å². The average Bonchev–Trinajstić information content (AvgIpc) is 2.42. The first kappa shape index (κ1) is 18.5. The molecular formula is C14H14O8S2. The molecular weight excluding hydrogens is 360 g/mol. The topological polar surface area (TPSA) is 146 Å². The highest BCUT2D eigenvalue weighted by molar-refractivity contribution is 7.86. The summed E-state index contributed by atoms with van der Waals surface area (Å²) in [6, 6.07) is 4.10. The molecule has 2 aromatic carbocycles. The van der Waals surface area contributed by atoms with E-state index in [0.717, 1.165) is 6.07 Å². The summed E-state index contributed by atoms with van der Waals surface area (Å²) >= 11 is 0. The van der Waals surface area contributed by atoms with E-state index in [1.807, 2.05) is 0 Å². The van der Waals surface area contributed by atoms with Gasteiger partial charge in [-0.3, -0.25) is 13.9 Å². The van der Waals surface area contributed by atoms with Crippen molar-refractivity contribution in [3.05, 3.63) is 35.4 Å². The maximum absolute atomic E-state index is 11.8. The summed E-state index contributed by atoms with van der Waals surface area (Å²) in [5.74, 6) is -0.495. The molecule has 2 rings (SSSR count). The molecule has 130 valence electrons. The zero-order chi connectivity index (χ0) is 18.4. The van der Waals surface area contributed by atoms with Gasteiger partial charge in [0.1, 0.15) is 4.90 Å². The minimum atomic E-state index is -4.91. The number of rotatable bonds is 4. The van der Waals surface area contributed by atoms with Crippen molar-refractivity contribution in [1.82, 2.24) is 0 Å². The van der Waals surface area contributed by atoms with Crippen molar-refractivity contribution in [3.63, 3.8) is 0 Å². The van der Waals surface area contributed by atoms with Gasteiger partial charge in [0.15, 0.2) is 5.78 Å². The van der Waals surface area contributed by atoms with Crippen molar-refractivity contribution >= 4 is 36.8 Å². The maximum Gasteiger partial charge on any atom is 0.295 e. The number of aliphatic hydroxyl groups is 1. The molecule has 0 saturated carbocycles. The zero-order valence-electron chi connectivity index (χ0n) is 12.6. The molecule has 1 atom stereocenters. The number of Topliss-reactive ketones (excluding diaryl/α,β-unsaturated/α-hetero) is 1. The molecule has 0 spiro atoms. The minimum Gasteiger partial charge on any atom is -0.389 e. The number of fused-ring (bicyclic) bond motifs is 1. The summed E-state index contributed by atoms with van der Waals surface area (Å²) in [7, 11) is -9.71. The van der Waals surface area contributed by atoms with Crippen LogP contribution >= 0.6 is 0 Å². The van der Waals surface area contributed by atoms with Gasteiger partial charge in [-0.1, -0.05) is 12.1 Å². The predicted molar refractivity (Wildman–Crippen MR) is 84.2 cm³/mol. The van der Waals surface area contributed by atoms with Crippen molar-refractivity contribution in [1.29, 1.82) is 0 Å². The Labute approximate surface area is 138 Å². The summed E-state index contributed by atoms with van der Waals surface area (Å²) in [6.07, 6.45) is -1.16. The van der Waals surface area contributed by atoms with E-state index >= 15 is 0 Å². The van der Waals surface area contributed by atoms with Crippen LogP contribution < -0.4 is 0 Å². The van der Waals surface area contributed by atoms with Gasteiger partial charge in [0.05, 0.1) is 11.0 Å². The Morgan fingerprint density at radius 1 is 1.04 bits per heavy atom. The van der Waals surface area contributed by atoms with Crippen LogP contribution in [0.3, 0.4) is 0 Å². The Morgan fingerprint density at radius 2 is 1.62 bits per heavy atom. The molecule has 24 heavy (non-hydrogen) atoms. The molecule has 0 aliphatic carbocycles. The molecule has 1 unspecified atom stereocenters. The fourth-order valence-electron chi connectivity index (χ4n) is 2.45. The van der Waals surface area contributed by atoms with E-state index in [4.69, 9.17) is 0 Å². The van der Waals surface area contributed by atoms with Crippen LogP contribution in [0.5, 0.6) is 0 Å². The predicted octanol–water partition coefficient (Wildman–Crippen LogP) is 1.59. The number of carbonyl (C=O) groups is 1. The third-order valence-electron chi connectivity index (χ3n) is 3.49. The highest BCUT2D eigenvalue weighted by atomic mass is 32.2. The minimum absolute atomic E-state index is 0.0233. The smallest absolute Gasteiger partial charge is 0.295 e. The maximum atomic E-state index is 11.8. The summed E-state index contributed by atoms with van der Waals surface area (Å²) in [5.41, 5.74) is 0.0503. The zero-order valence-corrected chi connectivity index (χ0v) is 14.2. The lowest BCUT2D eigenvalue weighted by molar-refractivity contribution is 0.101. The van der Waals surface area contributed by atoms with Crippen LogP contribution in [0.1, 0.15) is 35.9 Å². The normalized spacial score (nSPS) is 13.9. The molecule has 0 aromatic heterocycles. The first-order valence-electron chi connectivity index (χ1n) is 6.58. The molecule has 3 N–H and O–H groups in total. The van der Waals surface area contributed by atoms with Crippen molar-refractivity contribution in [3.8, 4) is 0 Å². The van der Waals surface area contributed by atoms with E-state index in [1.54, 1.807) is 0 Å². The molecule has 0 amide bonds. The SMILES string of the molecule is CC(=O)c1ccc(C(C)O)c2c(S(=O)(=O)O)cc(S(=O)(=O)O)cc12. The Morgan fingerprint density at radius 3 is 2.04 bits per heavy atom. The van der Waals surface area contributed by atoms with Crippen LogP contribution in [0.25, 0.3) is 10.8 Å². The molecule has 0 radical (unpaired) electrons. The number of benzene rings is 2. The van der Waals surface area contributed by atoms with Gasteiger partial charge in [0, 0.05) is 10.9 Å². The number of hydrogen-bond donors (Lipinski definition) is 3. The van der Waals surface area contributed by atoms with Crippen LogP contribution in [0, 0.1) is 0 Å². The lowest BCUT2D eigenvalue weighted by Crippen LogP contribution is -2.08. The van der Waals surface area contributed by atoms with E-state index in [-0.39, 0.29) is 21.9 Å². The lowest BCUT2D eigenvalue weighted by Gasteiger charge is -2.15. The highest BCUT2D eigenvalue weighted by Gasteiger charge is 2.25. The standard InChI is InChI=1S/C14H14O8S2/c1-7(15)10-3-4-11(8(2)16)14-12(10)5-9(23(17,18)19)6-13(14)24(20,21)22/h3-6,8,16H,1-2H3,(H,17,18,19)(H,20,21,22). The first-order chi connectivity index (χ1) is 10.8. The van der Waals surface area contributed by atoms with Crippen LogP contribution in [-0.2, 0) is 20.2 Å². The van der Waals surface area contributed by atoms with Crippen LogP contribution in [-0.4, -0.2) is 36.8 Å². The Kier molecular flexibility index (Phi) is 4.55. The molecule has 0 fully saturated rings. The molecule has 8 nitrogen and oxygen atoms in total. The lowest BCUT2D eigenvalue weighted by atomic mass is 9.95. The average molecular weight is 374 g/mol. The molecule has 0 aliphatic rings. The fourth-order valence-corrected chi connectivity index (χ4v) is 3.82. The Bertz CT molecular complexity index is 1050. The number of hydrogen-bond acceptors (Lipinski definition) is 6. The Balaban J connectivity index is 3.22. The third-order valence-corrected chi connectivity index (χ3v) is 5.20. The van der Waals surface area contributed by atoms with E-state index in [9.17, 15) is 35.8 Å². The van der Waals surface area contributed by atoms with Gasteiger partial charge >= 0.3 is 0 Å². The van der Waals surface area contributed by atoms with E-state index in [2.05, 4.69) is 0 Å². The summed E-state index contributed by atoms with van der Waals surface area (Å²) in [6.45, 7) is 2.52. The third kappa shape index (κ3) is 3.32. The second-order valence-electron chi connectivity index (χ2n) is 5.23. The van der Waals surface area contributed by atoms with Crippen molar-refractivity contribution < 1.29 is 35.8 Å². The van der Waals surface area contributed by atoms with Gasteiger partial charge in [0.2, 0.25) is 0 Å². The number of aliphatic hydroxyl groups excluding tert-OH is 1. The largest absolute Gasteiger partial charge is 0.389 e. The molecule has 0 bridgehead atoms. The van der Waals surface area contributed by atoms with Gasteiger partial charge < -0.3 is 5.11 Å². The summed E-state index contributed by atoms with van der Waals surface area (Å²) < 4.78 is 64.8. The Hall–Kier alpha value is -1.85. The van der Waals surface area contributed by atoms with Crippen LogP contribution in [0.4, 0.5) is 0 Å². The molecule has 0 aliphatic heterocycles. The van der Waals surface area contributed by atoms with E-state index < -0.39 is 41.9 Å². The molecule has 0 heterocycles. The quantitative estimate of drug-likeness (QED) is 0.540. The number of ketones is 1. The fraction of sp³-hybridized carbons (Fsp3) is 0.214. The molecule has 2 aromatic rings. The van der Waals surface area contributed by atoms with Crippen molar-refractivity contribution in [2.75, 3.05) is 0 Å². The molecule has 10 heteroatoms. The second-order valence-corrected chi connectivity index (χ2v) is 8.04. The van der Waals surface area contributed by atoms with Gasteiger partial charge in [-0.15, -0.1) is 0 Å². The number of carbonyl (C=O) groups excluding carboxylic acids is 1. The summed E-state index contributed by atoms with van der Waals surface area (Å²) in [5, 5.41) is 9.53. The van der Waals surface area contributed by atoms with E-state index in [1.165, 1.54) is 26.0 Å². The summed E-state index contributed by atoms with van der Waals surface area (Å²) in [4.78, 5) is 10.2. The van der Waals surface area contributed by atoms with E-state index in [0.29, 0.717) is 6.07 Å². The van der Waals surface area contributed by atoms with Gasteiger partial charge in [-0.05, 0) is 36.9 Å². The van der Waals surface area contributed by atoms with Crippen molar-refractivity contribution in [2.45, 2.75) is 29.7 Å². The first-order valence-corrected chi connectivity index (χ1v) is 9.46.